The summed E-state index contributed by atoms with van der Waals surface area (Å²) in [6, 6.07) is 0. The van der Waals surface area contributed by atoms with Gasteiger partial charge in [-0.15, -0.1) is 0 Å². The Labute approximate surface area is 67.0 Å². The van der Waals surface area contributed by atoms with E-state index in [1.54, 1.807) is 0 Å². The van der Waals surface area contributed by atoms with E-state index in [0.717, 1.165) is 0 Å². The van der Waals surface area contributed by atoms with Crippen LogP contribution in [-0.4, -0.2) is 18.5 Å². The molecule has 0 radical (unpaired) electrons. The molecule has 3 nitrogen and oxygen atoms in total. The normalized spacial score (nSPS) is 14.1. The summed E-state index contributed by atoms with van der Waals surface area (Å²) in [5, 5.41) is 0. The Morgan fingerprint density at radius 2 is 2.11 bits per heavy atom. The average Bonchev–Trinajstić information content (AvgIpc) is 1.62. The Kier molecular flexibility index (Phi) is 5.78. The van der Waals surface area contributed by atoms with Crippen LogP contribution in [0.1, 0.15) is 14.8 Å². The van der Waals surface area contributed by atoms with Gasteiger partial charge in [0.05, 0.1) is 0 Å². The number of hydrogen-bond acceptors (Lipinski definition) is 2. The van der Waals surface area contributed by atoms with Crippen molar-refractivity contribution in [2.45, 2.75) is 18.8 Å². The van der Waals surface area contributed by atoms with E-state index >= 15 is 0 Å². The first kappa shape index (κ1) is 12.1. The first-order valence-corrected chi connectivity index (χ1v) is 3.59. The molecule has 0 fully saturated rings. The first-order valence-electron chi connectivity index (χ1n) is 2.09. The third-order valence-electron chi connectivity index (χ3n) is 0.644. The van der Waals surface area contributed by atoms with Crippen molar-refractivity contribution in [2.75, 3.05) is 0 Å². The molecule has 0 spiro atoms. The average molecular weight is 150 g/mol. The third kappa shape index (κ3) is 4.91. The summed E-state index contributed by atoms with van der Waals surface area (Å²) in [5.41, 5.74) is -2.12. The Hall–Kier alpha value is 0.437. The molecule has 0 rings (SSSR count). The van der Waals surface area contributed by atoms with Crippen LogP contribution in [0.15, 0.2) is 0 Å². The van der Waals surface area contributed by atoms with Gasteiger partial charge in [0.2, 0.25) is 5.50 Å². The summed E-state index contributed by atoms with van der Waals surface area (Å²) >= 11 is 0. The van der Waals surface area contributed by atoms with Crippen molar-refractivity contribution in [2.24, 2.45) is 0 Å². The predicted octanol–water partition coefficient (Wildman–Crippen LogP) is -2.30. The monoisotopic (exact) mass is 150 g/mol. The van der Waals surface area contributed by atoms with Crippen LogP contribution in [-0.2, 0) is 10.1 Å². The number of hydrogen-bond donors (Lipinski definition) is 1. The van der Waals surface area contributed by atoms with Gasteiger partial charge in [0.25, 0.3) is 10.1 Å². The van der Waals surface area contributed by atoms with Crippen molar-refractivity contribution in [3.8, 4) is 0 Å². The number of halogens is 1. The van der Waals surface area contributed by atoms with Gasteiger partial charge in [-0.05, 0) is 6.42 Å². The molecule has 1 N–H and O–H groups in total. The van der Waals surface area contributed by atoms with Gasteiger partial charge in [0, 0.05) is 0 Å². The van der Waals surface area contributed by atoms with E-state index in [-0.39, 0.29) is 26.7 Å². The third-order valence-corrected chi connectivity index (χ3v) is 1.62. The van der Waals surface area contributed by atoms with E-state index in [4.69, 9.17) is 4.55 Å². The number of rotatable bonds is 2. The van der Waals surface area contributed by atoms with E-state index in [0.29, 0.717) is 0 Å². The zero-order valence-corrected chi connectivity index (χ0v) is 6.15. The van der Waals surface area contributed by atoms with Crippen LogP contribution in [0.2, 0.25) is 0 Å². The zero-order chi connectivity index (χ0) is 6.78. The van der Waals surface area contributed by atoms with Gasteiger partial charge in [0.15, 0.2) is 0 Å². The fourth-order valence-electron chi connectivity index (χ4n) is 0.211. The molecule has 0 aromatic heterocycles. The second kappa shape index (κ2) is 4.28. The van der Waals surface area contributed by atoms with Crippen LogP contribution in [0.4, 0.5) is 4.39 Å². The minimum Gasteiger partial charge on any atom is -1.00 e. The zero-order valence-electron chi connectivity index (χ0n) is 6.33. The molecule has 0 heterocycles. The number of alkyl halides is 1. The summed E-state index contributed by atoms with van der Waals surface area (Å²) in [7, 11) is -4.42. The molecular formula is C3H8FLiO3S. The van der Waals surface area contributed by atoms with Gasteiger partial charge in [-0.25, -0.2) is 4.39 Å². The molecule has 9 heavy (non-hydrogen) atoms. The fourth-order valence-corrected chi connectivity index (χ4v) is 0.632. The van der Waals surface area contributed by atoms with Gasteiger partial charge in [-0.1, -0.05) is 6.92 Å². The van der Waals surface area contributed by atoms with Crippen LogP contribution >= 0.6 is 0 Å². The van der Waals surface area contributed by atoms with Crippen molar-refractivity contribution >= 4 is 10.1 Å². The molecule has 0 saturated heterocycles. The summed E-state index contributed by atoms with van der Waals surface area (Å²) in [6.45, 7) is 1.33. The molecular weight excluding hydrogens is 142 g/mol. The Morgan fingerprint density at radius 1 is 1.78 bits per heavy atom. The van der Waals surface area contributed by atoms with Gasteiger partial charge in [0.1, 0.15) is 0 Å². The maximum atomic E-state index is 11.8. The molecule has 0 aliphatic heterocycles. The summed E-state index contributed by atoms with van der Waals surface area (Å²) in [4.78, 5) is 0. The maximum Gasteiger partial charge on any atom is 1.00 e. The fraction of sp³-hybridized carbons (Fsp3) is 1.00. The summed E-state index contributed by atoms with van der Waals surface area (Å²) in [5.74, 6) is 0. The van der Waals surface area contributed by atoms with Crippen LogP contribution in [0.3, 0.4) is 0 Å². The quantitative estimate of drug-likeness (QED) is 0.355. The minimum atomic E-state index is -4.42. The Morgan fingerprint density at radius 3 is 2.11 bits per heavy atom. The second-order valence-corrected chi connectivity index (χ2v) is 2.87. The summed E-state index contributed by atoms with van der Waals surface area (Å²) < 4.78 is 39.2. The van der Waals surface area contributed by atoms with Gasteiger partial charge < -0.3 is 1.43 Å². The van der Waals surface area contributed by atoms with E-state index in [1.165, 1.54) is 6.92 Å². The summed E-state index contributed by atoms with van der Waals surface area (Å²) in [6.07, 6.45) is -0.209. The second-order valence-electron chi connectivity index (χ2n) is 1.33. The SMILES string of the molecule is CCC(F)S(=O)(=O)O.[H-].[Li+]. The Balaban J connectivity index is -0.000000245. The van der Waals surface area contributed by atoms with Gasteiger partial charge >= 0.3 is 18.9 Å². The van der Waals surface area contributed by atoms with Crippen molar-refractivity contribution in [1.82, 2.24) is 0 Å². The molecule has 0 aromatic rings. The Bertz CT molecular complexity index is 159. The maximum absolute atomic E-state index is 11.8. The molecule has 0 aliphatic carbocycles. The molecule has 0 saturated carbocycles. The minimum absolute atomic E-state index is 0. The molecule has 1 atom stereocenters. The topological polar surface area (TPSA) is 54.4 Å². The van der Waals surface area contributed by atoms with Gasteiger partial charge in [-0.2, -0.15) is 8.42 Å². The predicted molar refractivity (Wildman–Crippen MR) is 27.8 cm³/mol. The molecule has 0 aromatic carbocycles. The van der Waals surface area contributed by atoms with Crippen molar-refractivity contribution in [3.63, 3.8) is 0 Å². The molecule has 0 aliphatic rings. The van der Waals surface area contributed by atoms with E-state index in [2.05, 4.69) is 0 Å². The van der Waals surface area contributed by atoms with Crippen molar-refractivity contribution < 1.29 is 37.6 Å². The van der Waals surface area contributed by atoms with Crippen LogP contribution in [0.5, 0.6) is 0 Å². The van der Waals surface area contributed by atoms with Crippen LogP contribution in [0, 0.1) is 0 Å². The molecule has 52 valence electrons. The molecule has 0 bridgehead atoms. The molecule has 6 heteroatoms. The largest absolute Gasteiger partial charge is 1.00 e. The van der Waals surface area contributed by atoms with Crippen molar-refractivity contribution in [3.05, 3.63) is 0 Å². The smallest absolute Gasteiger partial charge is 1.00 e. The van der Waals surface area contributed by atoms with Crippen molar-refractivity contribution in [1.29, 1.82) is 0 Å². The van der Waals surface area contributed by atoms with Crippen LogP contribution < -0.4 is 18.9 Å². The van der Waals surface area contributed by atoms with E-state index in [1.807, 2.05) is 0 Å². The molecule has 0 amide bonds. The first-order chi connectivity index (χ1) is 3.48. The van der Waals surface area contributed by atoms with Gasteiger partial charge in [-0.3, -0.25) is 4.55 Å². The standard InChI is InChI=1S/C3H7FO3S.Li.H/c1-2-3(4)8(5,6)7;;/h3H,2H2,1H3,(H,5,6,7);;/q;+1;-1. The van der Waals surface area contributed by atoms with Crippen LogP contribution in [0.25, 0.3) is 0 Å². The van der Waals surface area contributed by atoms with E-state index in [9.17, 15) is 12.8 Å². The van der Waals surface area contributed by atoms with E-state index < -0.39 is 15.6 Å². The molecule has 1 unspecified atom stereocenters.